The maximum Gasteiger partial charge on any atom is 0.336 e. The highest BCUT2D eigenvalue weighted by Crippen LogP contribution is 2.21. The Labute approximate surface area is 133 Å². The van der Waals surface area contributed by atoms with Crippen LogP contribution in [0.5, 0.6) is 0 Å². The monoisotopic (exact) mass is 327 g/mol. The third kappa shape index (κ3) is 4.00. The van der Waals surface area contributed by atoms with Gasteiger partial charge in [-0.3, -0.25) is 0 Å². The van der Waals surface area contributed by atoms with Gasteiger partial charge in [-0.2, -0.15) is 0 Å². The molecule has 1 aromatic heterocycles. The molecular formula is C15H25N3O5. The first-order valence-corrected chi connectivity index (χ1v) is 8.14. The van der Waals surface area contributed by atoms with Crippen LogP contribution in [0.1, 0.15) is 40.0 Å². The van der Waals surface area contributed by atoms with Crippen molar-refractivity contribution in [3.05, 3.63) is 31.5 Å². The molecule has 1 fully saturated rings. The normalized spacial score (nSPS) is 21.4. The molecule has 0 amide bonds. The minimum atomic E-state index is -0.629. The lowest BCUT2D eigenvalue weighted by Crippen LogP contribution is -2.55. The summed E-state index contributed by atoms with van der Waals surface area (Å²) in [6.07, 6.45) is 1.02. The number of rotatable bonds is 8. The van der Waals surface area contributed by atoms with Gasteiger partial charge in [0.15, 0.2) is 0 Å². The summed E-state index contributed by atoms with van der Waals surface area (Å²) in [6.45, 7) is 5.95. The van der Waals surface area contributed by atoms with Gasteiger partial charge < -0.3 is 9.84 Å². The largest absolute Gasteiger partial charge is 0.393 e. The fourth-order valence-electron chi connectivity index (χ4n) is 2.46. The van der Waals surface area contributed by atoms with Gasteiger partial charge in [-0.25, -0.2) is 28.1 Å². The lowest BCUT2D eigenvalue weighted by Gasteiger charge is -2.14. The number of hydrogen-bond donors (Lipinski definition) is 1. The Kier molecular flexibility index (Phi) is 5.59. The quantitative estimate of drug-likeness (QED) is 0.651. The Morgan fingerprint density at radius 2 is 1.61 bits per heavy atom. The van der Waals surface area contributed by atoms with Gasteiger partial charge in [0.2, 0.25) is 0 Å². The van der Waals surface area contributed by atoms with Crippen LogP contribution in [0.3, 0.4) is 0 Å². The number of unbranched alkanes of at least 4 members (excludes halogenated alkanes) is 1. The molecule has 3 atom stereocenters. The van der Waals surface area contributed by atoms with Crippen molar-refractivity contribution in [3.8, 4) is 0 Å². The summed E-state index contributed by atoms with van der Waals surface area (Å²) in [4.78, 5) is 37.4. The van der Waals surface area contributed by atoms with E-state index < -0.39 is 23.2 Å². The van der Waals surface area contributed by atoms with Crippen LogP contribution in [0.25, 0.3) is 0 Å². The average Bonchev–Trinajstić information content (AvgIpc) is 3.18. The SMILES string of the molecule is CCCCn1c(=O)n(CCC(C)O)c(=O)n(CC2OC2C)c1=O. The lowest BCUT2D eigenvalue weighted by molar-refractivity contribution is 0.175. The Balaban J connectivity index is 2.47. The number of aliphatic hydroxyl groups is 1. The van der Waals surface area contributed by atoms with E-state index in [1.54, 1.807) is 6.92 Å². The van der Waals surface area contributed by atoms with Gasteiger partial charge in [0.25, 0.3) is 0 Å². The zero-order chi connectivity index (χ0) is 17.1. The van der Waals surface area contributed by atoms with Crippen LogP contribution >= 0.6 is 0 Å². The minimum Gasteiger partial charge on any atom is -0.393 e. The molecule has 1 aromatic rings. The molecule has 130 valence electrons. The predicted molar refractivity (Wildman–Crippen MR) is 84.8 cm³/mol. The van der Waals surface area contributed by atoms with Gasteiger partial charge in [0.1, 0.15) is 6.10 Å². The van der Waals surface area contributed by atoms with Crippen molar-refractivity contribution in [1.29, 1.82) is 0 Å². The third-order valence-electron chi connectivity index (χ3n) is 4.09. The number of ether oxygens (including phenoxy) is 1. The molecule has 0 saturated carbocycles. The van der Waals surface area contributed by atoms with Crippen LogP contribution in [-0.2, 0) is 24.4 Å². The van der Waals surface area contributed by atoms with E-state index in [0.29, 0.717) is 6.42 Å². The highest BCUT2D eigenvalue weighted by Gasteiger charge is 2.35. The predicted octanol–water partition coefficient (Wildman–Crippen LogP) is -0.470. The van der Waals surface area contributed by atoms with Crippen molar-refractivity contribution in [2.75, 3.05) is 0 Å². The molecule has 0 spiro atoms. The molecule has 23 heavy (non-hydrogen) atoms. The van der Waals surface area contributed by atoms with E-state index in [1.807, 2.05) is 13.8 Å². The van der Waals surface area contributed by atoms with E-state index in [9.17, 15) is 19.5 Å². The highest BCUT2D eigenvalue weighted by molar-refractivity contribution is 4.86. The van der Waals surface area contributed by atoms with Crippen molar-refractivity contribution in [1.82, 2.24) is 13.7 Å². The molecule has 2 rings (SSSR count). The number of aliphatic hydroxyl groups excluding tert-OH is 1. The van der Waals surface area contributed by atoms with Crippen LogP contribution in [-0.4, -0.2) is 37.1 Å². The number of aromatic nitrogens is 3. The van der Waals surface area contributed by atoms with E-state index >= 15 is 0 Å². The van der Waals surface area contributed by atoms with Crippen molar-refractivity contribution >= 4 is 0 Å². The standard InChI is InChI=1S/C15H25N3O5/c1-4-5-7-16-13(20)17(8-6-10(2)19)15(22)18(14(16)21)9-12-11(3)23-12/h10-12,19H,4-9H2,1-3H3. The Bertz CT molecular complexity index is 715. The Hall–Kier alpha value is -1.67. The number of epoxide rings is 1. The van der Waals surface area contributed by atoms with Gasteiger partial charge in [-0.15, -0.1) is 0 Å². The van der Waals surface area contributed by atoms with Crippen LogP contribution in [0.15, 0.2) is 14.4 Å². The van der Waals surface area contributed by atoms with E-state index in [-0.39, 0.29) is 38.3 Å². The van der Waals surface area contributed by atoms with Gasteiger partial charge in [-0.1, -0.05) is 13.3 Å². The molecule has 0 aromatic carbocycles. The van der Waals surface area contributed by atoms with E-state index in [4.69, 9.17) is 4.74 Å². The van der Waals surface area contributed by atoms with Crippen LogP contribution < -0.4 is 17.1 Å². The molecule has 1 aliphatic rings. The summed E-state index contributed by atoms with van der Waals surface area (Å²) >= 11 is 0. The van der Waals surface area contributed by atoms with E-state index in [0.717, 1.165) is 20.1 Å². The van der Waals surface area contributed by atoms with E-state index in [2.05, 4.69) is 0 Å². The van der Waals surface area contributed by atoms with Crippen molar-refractivity contribution in [2.24, 2.45) is 0 Å². The molecule has 2 heterocycles. The zero-order valence-electron chi connectivity index (χ0n) is 13.9. The first-order chi connectivity index (χ1) is 10.9. The molecule has 1 saturated heterocycles. The van der Waals surface area contributed by atoms with Crippen LogP contribution in [0, 0.1) is 0 Å². The second-order valence-electron chi connectivity index (χ2n) is 6.13. The Morgan fingerprint density at radius 3 is 2.09 bits per heavy atom. The molecule has 0 aliphatic carbocycles. The maximum absolute atomic E-state index is 12.5. The van der Waals surface area contributed by atoms with Gasteiger partial charge in [0.05, 0.1) is 18.8 Å². The summed E-state index contributed by atoms with van der Waals surface area (Å²) in [7, 11) is 0. The van der Waals surface area contributed by atoms with Crippen molar-refractivity contribution < 1.29 is 9.84 Å². The molecule has 0 radical (unpaired) electrons. The van der Waals surface area contributed by atoms with E-state index in [1.165, 1.54) is 0 Å². The summed E-state index contributed by atoms with van der Waals surface area (Å²) in [5.41, 5.74) is -1.81. The van der Waals surface area contributed by atoms with Gasteiger partial charge in [0, 0.05) is 13.1 Å². The van der Waals surface area contributed by atoms with Gasteiger partial charge >= 0.3 is 17.1 Å². The molecule has 1 N–H and O–H groups in total. The summed E-state index contributed by atoms with van der Waals surface area (Å²) in [5.74, 6) is 0. The summed E-state index contributed by atoms with van der Waals surface area (Å²) in [6, 6.07) is 0. The molecule has 1 aliphatic heterocycles. The van der Waals surface area contributed by atoms with Crippen LogP contribution in [0.2, 0.25) is 0 Å². The fraction of sp³-hybridized carbons (Fsp3) is 0.800. The van der Waals surface area contributed by atoms with Crippen LogP contribution in [0.4, 0.5) is 0 Å². The second kappa shape index (κ2) is 7.27. The second-order valence-corrected chi connectivity index (χ2v) is 6.13. The first kappa shape index (κ1) is 17.7. The Morgan fingerprint density at radius 1 is 1.09 bits per heavy atom. The molecule has 3 unspecified atom stereocenters. The molecular weight excluding hydrogens is 302 g/mol. The fourth-order valence-corrected chi connectivity index (χ4v) is 2.46. The smallest absolute Gasteiger partial charge is 0.336 e. The summed E-state index contributed by atoms with van der Waals surface area (Å²) < 4.78 is 8.51. The third-order valence-corrected chi connectivity index (χ3v) is 4.09. The molecule has 8 heteroatoms. The number of nitrogens with zero attached hydrogens (tertiary/aromatic N) is 3. The highest BCUT2D eigenvalue weighted by atomic mass is 16.6. The number of hydrogen-bond acceptors (Lipinski definition) is 5. The molecule has 8 nitrogen and oxygen atoms in total. The first-order valence-electron chi connectivity index (χ1n) is 8.14. The molecule has 0 bridgehead atoms. The summed E-state index contributed by atoms with van der Waals surface area (Å²) in [5, 5.41) is 9.41. The van der Waals surface area contributed by atoms with Gasteiger partial charge in [-0.05, 0) is 26.7 Å². The zero-order valence-corrected chi connectivity index (χ0v) is 13.9. The average molecular weight is 327 g/mol. The lowest BCUT2D eigenvalue weighted by atomic mass is 10.3. The van der Waals surface area contributed by atoms with Crippen molar-refractivity contribution in [3.63, 3.8) is 0 Å². The van der Waals surface area contributed by atoms with Crippen molar-refractivity contribution in [2.45, 2.75) is 78.0 Å². The minimum absolute atomic E-state index is 0.0169. The topological polar surface area (TPSA) is 98.8 Å². The maximum atomic E-state index is 12.5.